The van der Waals surface area contributed by atoms with Crippen molar-refractivity contribution >= 4 is 39.5 Å². The first kappa shape index (κ1) is 17.5. The molecule has 0 bridgehead atoms. The molecule has 128 valence electrons. The zero-order valence-corrected chi connectivity index (χ0v) is 16.0. The molecular weight excluding hydrogens is 404 g/mol. The molecule has 0 aromatic heterocycles. The van der Waals surface area contributed by atoms with Gasteiger partial charge in [-0.2, -0.15) is 10.2 Å². The molecule has 1 atom stereocenters. The molecule has 0 spiro atoms. The van der Waals surface area contributed by atoms with Gasteiger partial charge in [-0.15, -0.1) is 5.11 Å². The smallest absolute Gasteiger partial charge is 0.238 e. The second kappa shape index (κ2) is 7.71. The normalized spacial score (nSPS) is 16.7. The van der Waals surface area contributed by atoms with Gasteiger partial charge in [0.05, 0.1) is 20.4 Å². The molecule has 0 radical (unpaired) electrons. The molecule has 8 heteroatoms. The van der Waals surface area contributed by atoms with E-state index in [1.807, 2.05) is 42.5 Å². The molecule has 25 heavy (non-hydrogen) atoms. The summed E-state index contributed by atoms with van der Waals surface area (Å²) in [4.78, 5) is 0. The third kappa shape index (κ3) is 3.85. The molecule has 1 unspecified atom stereocenters. The number of hydrazone groups is 1. The number of hydrogen-bond donors (Lipinski definition) is 0. The number of ether oxygens (including phenoxy) is 2. The van der Waals surface area contributed by atoms with E-state index in [-0.39, 0.29) is 0 Å². The first-order chi connectivity index (χ1) is 12.1. The molecule has 1 aliphatic rings. The van der Waals surface area contributed by atoms with Crippen LogP contribution in [0.3, 0.4) is 0 Å². The van der Waals surface area contributed by atoms with Crippen molar-refractivity contribution in [3.8, 4) is 11.5 Å². The topological polar surface area (TPSA) is 58.8 Å². The fourth-order valence-electron chi connectivity index (χ4n) is 2.33. The lowest BCUT2D eigenvalue weighted by molar-refractivity contribution is 0.366. The van der Waals surface area contributed by atoms with Gasteiger partial charge in [0.25, 0.3) is 0 Å². The number of nitrogens with zero attached hydrogens (tertiary/aromatic N) is 4. The molecule has 1 heterocycles. The third-order valence-corrected chi connectivity index (χ3v) is 4.37. The van der Waals surface area contributed by atoms with Gasteiger partial charge in [-0.3, -0.25) is 0 Å². The summed E-state index contributed by atoms with van der Waals surface area (Å²) in [5.41, 5.74) is 1.74. The molecule has 2 aromatic rings. The molecular formula is C17H15BrN4O2S. The quantitative estimate of drug-likeness (QED) is 0.527. The maximum absolute atomic E-state index is 5.36. The zero-order chi connectivity index (χ0) is 17.8. The molecule has 1 aliphatic heterocycles. The summed E-state index contributed by atoms with van der Waals surface area (Å²) in [5.74, 6) is 1.49. The van der Waals surface area contributed by atoms with Crippen LogP contribution in [0.5, 0.6) is 11.5 Å². The van der Waals surface area contributed by atoms with Crippen LogP contribution < -0.4 is 9.47 Å². The lowest BCUT2D eigenvalue weighted by atomic mass is 10.1. The number of thiocarbonyl (C=S) groups is 1. The Bertz CT molecular complexity index is 839. The van der Waals surface area contributed by atoms with Crippen molar-refractivity contribution in [2.24, 2.45) is 15.3 Å². The molecule has 2 aromatic carbocycles. The number of benzene rings is 2. The van der Waals surface area contributed by atoms with Crippen LogP contribution in [0.25, 0.3) is 0 Å². The van der Waals surface area contributed by atoms with Crippen molar-refractivity contribution in [3.63, 3.8) is 0 Å². The van der Waals surface area contributed by atoms with Crippen LogP contribution in [0.4, 0.5) is 0 Å². The van der Waals surface area contributed by atoms with Crippen molar-refractivity contribution in [1.82, 2.24) is 5.01 Å². The van der Waals surface area contributed by atoms with Crippen LogP contribution in [0.1, 0.15) is 17.3 Å². The van der Waals surface area contributed by atoms with Crippen molar-refractivity contribution in [2.45, 2.75) is 6.17 Å². The fraction of sp³-hybridized carbons (Fsp3) is 0.176. The maximum atomic E-state index is 5.36. The van der Waals surface area contributed by atoms with E-state index in [1.54, 1.807) is 25.4 Å². The zero-order valence-electron chi connectivity index (χ0n) is 13.6. The Morgan fingerprint density at radius 3 is 2.60 bits per heavy atom. The Morgan fingerprint density at radius 2 is 1.92 bits per heavy atom. The van der Waals surface area contributed by atoms with Crippen LogP contribution in [-0.2, 0) is 0 Å². The minimum Gasteiger partial charge on any atom is -0.497 e. The van der Waals surface area contributed by atoms with E-state index in [4.69, 9.17) is 21.7 Å². The van der Waals surface area contributed by atoms with Gasteiger partial charge in [0.1, 0.15) is 11.5 Å². The van der Waals surface area contributed by atoms with E-state index in [0.717, 1.165) is 21.3 Å². The number of azo groups is 1. The number of hydrogen-bond acceptors (Lipinski definition) is 5. The molecule has 6 nitrogen and oxygen atoms in total. The monoisotopic (exact) mass is 418 g/mol. The molecule has 0 saturated heterocycles. The van der Waals surface area contributed by atoms with Gasteiger partial charge in [-0.05, 0) is 42.5 Å². The average Bonchev–Trinajstić information content (AvgIpc) is 3.00. The molecule has 3 rings (SSSR count). The highest BCUT2D eigenvalue weighted by molar-refractivity contribution is 9.10. The predicted octanol–water partition coefficient (Wildman–Crippen LogP) is 4.55. The second-order valence-corrected chi connectivity index (χ2v) is 6.40. The van der Waals surface area contributed by atoms with Gasteiger partial charge >= 0.3 is 0 Å². The summed E-state index contributed by atoms with van der Waals surface area (Å²) in [6, 6.07) is 13.2. The molecule has 0 fully saturated rings. The average molecular weight is 419 g/mol. The van der Waals surface area contributed by atoms with Gasteiger partial charge in [0.2, 0.25) is 5.11 Å². The fourth-order valence-corrected chi connectivity index (χ4v) is 2.90. The Balaban J connectivity index is 1.87. The molecule has 0 amide bonds. The minimum atomic E-state index is -0.396. The van der Waals surface area contributed by atoms with Crippen molar-refractivity contribution in [2.75, 3.05) is 14.2 Å². The predicted molar refractivity (Wildman–Crippen MR) is 103 cm³/mol. The number of rotatable bonds is 5. The van der Waals surface area contributed by atoms with E-state index in [1.165, 1.54) is 0 Å². The van der Waals surface area contributed by atoms with E-state index >= 15 is 0 Å². The summed E-state index contributed by atoms with van der Waals surface area (Å²) >= 11 is 8.70. The van der Waals surface area contributed by atoms with Gasteiger partial charge in [-0.25, -0.2) is 5.01 Å². The maximum Gasteiger partial charge on any atom is 0.238 e. The summed E-state index contributed by atoms with van der Waals surface area (Å²) in [7, 11) is 3.24. The van der Waals surface area contributed by atoms with Crippen molar-refractivity contribution in [1.29, 1.82) is 0 Å². The van der Waals surface area contributed by atoms with Crippen LogP contribution >= 0.6 is 28.1 Å². The summed E-state index contributed by atoms with van der Waals surface area (Å²) < 4.78 is 11.5. The number of methoxy groups -OCH3 is 2. The molecule has 0 aliphatic carbocycles. The summed E-state index contributed by atoms with van der Waals surface area (Å²) in [6.45, 7) is 0. The Morgan fingerprint density at radius 1 is 1.16 bits per heavy atom. The summed E-state index contributed by atoms with van der Waals surface area (Å²) in [5, 5.41) is 14.6. The highest BCUT2D eigenvalue weighted by Gasteiger charge is 2.27. The third-order valence-electron chi connectivity index (χ3n) is 3.61. The lowest BCUT2D eigenvalue weighted by Gasteiger charge is -2.18. The van der Waals surface area contributed by atoms with Crippen molar-refractivity contribution in [3.05, 3.63) is 58.1 Å². The molecule has 0 N–H and O–H groups in total. The van der Waals surface area contributed by atoms with Gasteiger partial charge in [0.15, 0.2) is 6.17 Å². The highest BCUT2D eigenvalue weighted by Crippen LogP contribution is 2.30. The van der Waals surface area contributed by atoms with Crippen LogP contribution in [0.2, 0.25) is 0 Å². The minimum absolute atomic E-state index is 0.311. The van der Waals surface area contributed by atoms with Crippen LogP contribution in [-0.4, -0.2) is 30.6 Å². The Kier molecular flexibility index (Phi) is 5.40. The van der Waals surface area contributed by atoms with E-state index in [0.29, 0.717) is 10.9 Å². The number of halogens is 1. The van der Waals surface area contributed by atoms with E-state index in [9.17, 15) is 0 Å². The first-order valence-corrected chi connectivity index (χ1v) is 8.58. The second-order valence-electron chi connectivity index (χ2n) is 5.12. The first-order valence-electron chi connectivity index (χ1n) is 7.38. The largest absolute Gasteiger partial charge is 0.497 e. The van der Waals surface area contributed by atoms with Crippen molar-refractivity contribution < 1.29 is 9.47 Å². The van der Waals surface area contributed by atoms with Crippen LogP contribution in [0, 0.1) is 0 Å². The Hall–Kier alpha value is -2.32. The highest BCUT2D eigenvalue weighted by atomic mass is 79.9. The van der Waals surface area contributed by atoms with Gasteiger partial charge in [0, 0.05) is 15.6 Å². The van der Waals surface area contributed by atoms with Gasteiger partial charge < -0.3 is 9.47 Å². The lowest BCUT2D eigenvalue weighted by Crippen LogP contribution is -2.21. The van der Waals surface area contributed by atoms with E-state index in [2.05, 4.69) is 31.3 Å². The van der Waals surface area contributed by atoms with Crippen LogP contribution in [0.15, 0.2) is 62.3 Å². The standard InChI is InChI=1S/C17H15BrN4O2S/c1-23-14-6-3-11(4-7-14)16-20-21-17(25)22(16)19-10-12-9-13(18)5-8-15(12)24-2/h3-10,16H,1-2H3. The SMILES string of the molecule is COc1ccc(C2N=NC(=S)N2N=Cc2cc(Br)ccc2OC)cc1. The molecule has 0 saturated carbocycles. The summed E-state index contributed by atoms with van der Waals surface area (Å²) in [6.07, 6.45) is 1.29. The van der Waals surface area contributed by atoms with E-state index < -0.39 is 6.17 Å². The van der Waals surface area contributed by atoms with Gasteiger partial charge in [-0.1, -0.05) is 28.1 Å². The Labute approximate surface area is 159 Å².